The summed E-state index contributed by atoms with van der Waals surface area (Å²) < 4.78 is 27.1. The second-order valence-corrected chi connectivity index (χ2v) is 7.59. The van der Waals surface area contributed by atoms with Crippen molar-refractivity contribution >= 4 is 15.8 Å². The Hall–Kier alpha value is -1.21. The van der Waals surface area contributed by atoms with Crippen molar-refractivity contribution in [1.29, 1.82) is 0 Å². The molecule has 0 amide bonds. The van der Waals surface area contributed by atoms with Crippen LogP contribution in [0.1, 0.15) is 31.7 Å². The third kappa shape index (κ3) is 3.27. The van der Waals surface area contributed by atoms with Gasteiger partial charge in [0.1, 0.15) is 5.82 Å². The first-order valence-corrected chi connectivity index (χ1v) is 8.40. The predicted molar refractivity (Wildman–Crippen MR) is 79.3 cm³/mol. The molecule has 0 saturated carbocycles. The Morgan fingerprint density at radius 3 is 2.75 bits per heavy atom. The van der Waals surface area contributed by atoms with Crippen molar-refractivity contribution in [2.75, 3.05) is 18.0 Å². The molecule has 0 bridgehead atoms. The van der Waals surface area contributed by atoms with Crippen LogP contribution in [0, 0.1) is 13.8 Å². The van der Waals surface area contributed by atoms with E-state index in [0.717, 1.165) is 17.2 Å². The van der Waals surface area contributed by atoms with Gasteiger partial charge in [0.25, 0.3) is 0 Å². The summed E-state index contributed by atoms with van der Waals surface area (Å²) in [5, 5.41) is -0.383. The summed E-state index contributed by atoms with van der Waals surface area (Å²) in [6, 6.07) is -0.0745. The minimum absolute atomic E-state index is 0.0745. The van der Waals surface area contributed by atoms with Gasteiger partial charge in [0.15, 0.2) is 0 Å². The van der Waals surface area contributed by atoms with Crippen molar-refractivity contribution in [2.45, 2.75) is 45.4 Å². The Morgan fingerprint density at radius 2 is 2.10 bits per heavy atom. The van der Waals surface area contributed by atoms with E-state index in [9.17, 15) is 8.42 Å². The normalized spacial score (nSPS) is 19.9. The standard InChI is InChI=1S/C13H22N4O2S/c1-9(2)16-20(18,19)12-5-6-17(8-12)13-11(4)14-7-10(3)15-13/h7,9,12,16H,5-6,8H2,1-4H3. The van der Waals surface area contributed by atoms with Gasteiger partial charge in [0.05, 0.1) is 16.6 Å². The van der Waals surface area contributed by atoms with Crippen molar-refractivity contribution < 1.29 is 8.42 Å². The molecule has 1 aromatic heterocycles. The molecule has 1 aliphatic rings. The summed E-state index contributed by atoms with van der Waals surface area (Å²) in [5.41, 5.74) is 1.68. The van der Waals surface area contributed by atoms with Crippen LogP contribution in [-0.2, 0) is 10.0 Å². The highest BCUT2D eigenvalue weighted by Crippen LogP contribution is 2.24. The van der Waals surface area contributed by atoms with Gasteiger partial charge in [-0.15, -0.1) is 0 Å². The fourth-order valence-corrected chi connectivity index (χ4v) is 4.06. The average molecular weight is 298 g/mol. The molecule has 6 nitrogen and oxygen atoms in total. The molecule has 0 aliphatic carbocycles. The van der Waals surface area contributed by atoms with Crippen LogP contribution in [0.15, 0.2) is 6.20 Å². The predicted octanol–water partition coefficient (Wildman–Crippen LogP) is 1.000. The topological polar surface area (TPSA) is 75.2 Å². The maximum absolute atomic E-state index is 12.2. The zero-order valence-electron chi connectivity index (χ0n) is 12.4. The number of nitrogens with zero attached hydrogens (tertiary/aromatic N) is 3. The van der Waals surface area contributed by atoms with E-state index in [-0.39, 0.29) is 11.3 Å². The van der Waals surface area contributed by atoms with Crippen LogP contribution in [0.2, 0.25) is 0 Å². The quantitative estimate of drug-likeness (QED) is 0.897. The number of nitrogens with one attached hydrogen (secondary N) is 1. The Labute approximate surface area is 120 Å². The molecule has 1 fully saturated rings. The smallest absolute Gasteiger partial charge is 0.216 e. The van der Waals surface area contributed by atoms with E-state index >= 15 is 0 Å². The Morgan fingerprint density at radius 1 is 1.40 bits per heavy atom. The molecule has 1 saturated heterocycles. The van der Waals surface area contributed by atoms with Crippen LogP contribution in [0.4, 0.5) is 5.82 Å². The highest BCUT2D eigenvalue weighted by atomic mass is 32.2. The van der Waals surface area contributed by atoms with Gasteiger partial charge in [-0.3, -0.25) is 4.98 Å². The summed E-state index contributed by atoms with van der Waals surface area (Å²) >= 11 is 0. The third-order valence-electron chi connectivity index (χ3n) is 3.33. The first-order chi connectivity index (χ1) is 9.29. The Bertz CT molecular complexity index is 586. The number of rotatable bonds is 4. The van der Waals surface area contributed by atoms with E-state index in [1.54, 1.807) is 6.20 Å². The van der Waals surface area contributed by atoms with E-state index < -0.39 is 10.0 Å². The maximum atomic E-state index is 12.2. The molecular weight excluding hydrogens is 276 g/mol. The lowest BCUT2D eigenvalue weighted by Gasteiger charge is -2.20. The van der Waals surface area contributed by atoms with E-state index in [1.807, 2.05) is 32.6 Å². The molecule has 0 aromatic carbocycles. The van der Waals surface area contributed by atoms with Gasteiger partial charge < -0.3 is 4.90 Å². The Kier molecular flexibility index (Phi) is 4.29. The monoisotopic (exact) mass is 298 g/mol. The molecule has 1 aromatic rings. The van der Waals surface area contributed by atoms with Gasteiger partial charge in [-0.05, 0) is 34.1 Å². The fourth-order valence-electron chi connectivity index (χ4n) is 2.42. The van der Waals surface area contributed by atoms with Gasteiger partial charge in [-0.1, -0.05) is 0 Å². The van der Waals surface area contributed by atoms with E-state index in [0.29, 0.717) is 19.5 Å². The number of anilines is 1. The molecular formula is C13H22N4O2S. The van der Waals surface area contributed by atoms with Gasteiger partial charge in [-0.25, -0.2) is 18.1 Å². The van der Waals surface area contributed by atoms with Crippen molar-refractivity contribution in [3.05, 3.63) is 17.6 Å². The van der Waals surface area contributed by atoms with E-state index in [1.165, 1.54) is 0 Å². The molecule has 112 valence electrons. The molecule has 7 heteroatoms. The lowest BCUT2D eigenvalue weighted by Crippen LogP contribution is -2.40. The number of sulfonamides is 1. The summed E-state index contributed by atoms with van der Waals surface area (Å²) in [4.78, 5) is 10.8. The molecule has 2 heterocycles. The SMILES string of the molecule is Cc1cnc(C)c(N2CCC(S(=O)(=O)NC(C)C)C2)n1. The van der Waals surface area contributed by atoms with Gasteiger partial charge in [0.2, 0.25) is 10.0 Å². The van der Waals surface area contributed by atoms with Crippen molar-refractivity contribution in [1.82, 2.24) is 14.7 Å². The molecule has 20 heavy (non-hydrogen) atoms. The summed E-state index contributed by atoms with van der Waals surface area (Å²) in [5.74, 6) is 0.798. The first kappa shape index (κ1) is 15.2. The Balaban J connectivity index is 2.15. The van der Waals surface area contributed by atoms with Gasteiger partial charge in [-0.2, -0.15) is 0 Å². The van der Waals surface area contributed by atoms with Crippen LogP contribution in [0.5, 0.6) is 0 Å². The molecule has 0 spiro atoms. The third-order valence-corrected chi connectivity index (χ3v) is 5.40. The average Bonchev–Trinajstić information content (AvgIpc) is 2.80. The molecule has 1 N–H and O–H groups in total. The van der Waals surface area contributed by atoms with Crippen LogP contribution in [0.25, 0.3) is 0 Å². The molecule has 1 unspecified atom stereocenters. The maximum Gasteiger partial charge on any atom is 0.216 e. The molecule has 1 atom stereocenters. The van der Waals surface area contributed by atoms with Crippen LogP contribution in [-0.4, -0.2) is 42.8 Å². The van der Waals surface area contributed by atoms with E-state index in [2.05, 4.69) is 14.7 Å². The minimum Gasteiger partial charge on any atom is -0.354 e. The van der Waals surface area contributed by atoms with Gasteiger partial charge in [0, 0.05) is 25.3 Å². The summed E-state index contributed by atoms with van der Waals surface area (Å²) in [6.07, 6.45) is 2.35. The lowest BCUT2D eigenvalue weighted by molar-refractivity contribution is 0.557. The van der Waals surface area contributed by atoms with Crippen molar-refractivity contribution in [3.63, 3.8) is 0 Å². The summed E-state index contributed by atoms with van der Waals surface area (Å²) in [6.45, 7) is 8.63. The van der Waals surface area contributed by atoms with Gasteiger partial charge >= 0.3 is 0 Å². The van der Waals surface area contributed by atoms with Crippen LogP contribution in [0.3, 0.4) is 0 Å². The molecule has 0 radical (unpaired) electrons. The van der Waals surface area contributed by atoms with Crippen molar-refractivity contribution in [3.8, 4) is 0 Å². The summed E-state index contributed by atoms with van der Waals surface area (Å²) in [7, 11) is -3.26. The highest BCUT2D eigenvalue weighted by molar-refractivity contribution is 7.90. The first-order valence-electron chi connectivity index (χ1n) is 6.86. The fraction of sp³-hybridized carbons (Fsp3) is 0.692. The highest BCUT2D eigenvalue weighted by Gasteiger charge is 2.34. The van der Waals surface area contributed by atoms with Crippen molar-refractivity contribution in [2.24, 2.45) is 0 Å². The molecule has 1 aliphatic heterocycles. The van der Waals surface area contributed by atoms with Crippen LogP contribution < -0.4 is 9.62 Å². The zero-order valence-corrected chi connectivity index (χ0v) is 13.2. The lowest BCUT2D eigenvalue weighted by atomic mass is 10.4. The molecule has 2 rings (SSSR count). The van der Waals surface area contributed by atoms with Crippen LogP contribution >= 0.6 is 0 Å². The number of hydrogen-bond acceptors (Lipinski definition) is 5. The number of aryl methyl sites for hydroxylation is 2. The number of hydrogen-bond donors (Lipinski definition) is 1. The van der Waals surface area contributed by atoms with E-state index in [4.69, 9.17) is 0 Å². The zero-order chi connectivity index (χ0) is 14.9. The minimum atomic E-state index is -3.26. The second-order valence-electron chi connectivity index (χ2n) is 5.59. The second kappa shape index (κ2) is 5.65. The number of aromatic nitrogens is 2. The largest absolute Gasteiger partial charge is 0.354 e.